The number of nitrogens with zero attached hydrogens (tertiary/aromatic N) is 1. The summed E-state index contributed by atoms with van der Waals surface area (Å²) in [4.78, 5) is 8.66. The van der Waals surface area contributed by atoms with Gasteiger partial charge in [-0.2, -0.15) is 4.51 Å². The van der Waals surface area contributed by atoms with Crippen LogP contribution in [0.15, 0.2) is 16.3 Å². The number of nitrogens with one attached hydrogen (secondary N) is 3. The van der Waals surface area contributed by atoms with Crippen LogP contribution in [0.5, 0.6) is 0 Å². The van der Waals surface area contributed by atoms with Crippen molar-refractivity contribution in [2.45, 2.75) is 25.2 Å². The van der Waals surface area contributed by atoms with Crippen LogP contribution in [0.4, 0.5) is 0 Å². The molecule has 1 aliphatic heterocycles. The fourth-order valence-corrected chi connectivity index (χ4v) is 2.13. The summed E-state index contributed by atoms with van der Waals surface area (Å²) in [6.45, 7) is 1.18. The van der Waals surface area contributed by atoms with Crippen LogP contribution in [0, 0.1) is 0 Å². The Morgan fingerprint density at radius 1 is 1.60 bits per heavy atom. The Labute approximate surface area is 126 Å². The third-order valence-electron chi connectivity index (χ3n) is 2.68. The van der Waals surface area contributed by atoms with Gasteiger partial charge in [0.15, 0.2) is 0 Å². The summed E-state index contributed by atoms with van der Waals surface area (Å²) in [6.07, 6.45) is 5.59. The van der Waals surface area contributed by atoms with Crippen molar-refractivity contribution in [3.05, 3.63) is 11.8 Å². The van der Waals surface area contributed by atoms with Crippen molar-refractivity contribution in [3.8, 4) is 0 Å². The highest BCUT2D eigenvalue weighted by Crippen LogP contribution is 2.18. The third kappa shape index (κ3) is 7.50. The predicted molar refractivity (Wildman–Crippen MR) is 81.9 cm³/mol. The first-order chi connectivity index (χ1) is 9.80. The average Bonchev–Trinajstić information content (AvgIpc) is 2.87. The third-order valence-corrected chi connectivity index (χ3v) is 3.11. The number of hydrogen-bond donors (Lipinski definition) is 4. The summed E-state index contributed by atoms with van der Waals surface area (Å²) >= 11 is 5.31. The Bertz CT molecular complexity index is 320. The highest BCUT2D eigenvalue weighted by Gasteiger charge is 2.24. The summed E-state index contributed by atoms with van der Waals surface area (Å²) in [5, 5.41) is 3.01. The van der Waals surface area contributed by atoms with Gasteiger partial charge in [-0.05, 0) is 19.9 Å². The van der Waals surface area contributed by atoms with Gasteiger partial charge in [-0.15, -0.1) is 0 Å². The molecule has 0 aromatic carbocycles. The molecule has 0 spiro atoms. The lowest BCUT2D eigenvalue weighted by Gasteiger charge is -2.15. The Morgan fingerprint density at radius 2 is 2.45 bits per heavy atom. The quantitative estimate of drug-likeness (QED) is 0.202. The molecule has 7 nitrogen and oxygen atoms in total. The Balaban J connectivity index is 2.20. The number of rotatable bonds is 10. The SMILES string of the molecule is CNCC(C=NCl)=CNNC1CCC(COCPO)O1. The second kappa shape index (κ2) is 11.4. The molecule has 1 aliphatic rings. The lowest BCUT2D eigenvalue weighted by atomic mass is 10.2. The van der Waals surface area contributed by atoms with Gasteiger partial charge in [-0.25, -0.2) is 5.43 Å². The highest BCUT2D eigenvalue weighted by atomic mass is 35.5. The summed E-state index contributed by atoms with van der Waals surface area (Å²) in [5.74, 6) is 0. The second-order valence-electron chi connectivity index (χ2n) is 4.26. The number of hydrazine groups is 1. The lowest BCUT2D eigenvalue weighted by molar-refractivity contribution is -0.0209. The number of ether oxygens (including phenoxy) is 2. The van der Waals surface area contributed by atoms with E-state index in [-0.39, 0.29) is 21.1 Å². The zero-order valence-corrected chi connectivity index (χ0v) is 13.2. The molecule has 1 rings (SSSR count). The van der Waals surface area contributed by atoms with Crippen LogP contribution < -0.4 is 16.2 Å². The molecule has 0 saturated carbocycles. The molecule has 1 fully saturated rings. The van der Waals surface area contributed by atoms with Gasteiger partial charge in [0, 0.05) is 45.1 Å². The maximum atomic E-state index is 8.66. The molecule has 1 saturated heterocycles. The van der Waals surface area contributed by atoms with Crippen LogP contribution in [0.25, 0.3) is 0 Å². The predicted octanol–water partition coefficient (Wildman–Crippen LogP) is 0.473. The number of hydrogen-bond acceptors (Lipinski definition) is 7. The maximum absolute atomic E-state index is 8.66. The molecule has 116 valence electrons. The van der Waals surface area contributed by atoms with Crippen molar-refractivity contribution in [1.29, 1.82) is 0 Å². The zero-order valence-electron chi connectivity index (χ0n) is 11.4. The van der Waals surface area contributed by atoms with Crippen LogP contribution in [0.1, 0.15) is 12.8 Å². The van der Waals surface area contributed by atoms with Crippen molar-refractivity contribution in [3.63, 3.8) is 0 Å². The van der Waals surface area contributed by atoms with E-state index in [1.165, 1.54) is 0 Å². The Kier molecular flexibility index (Phi) is 10.1. The zero-order chi connectivity index (χ0) is 14.6. The van der Waals surface area contributed by atoms with E-state index in [0.717, 1.165) is 18.4 Å². The van der Waals surface area contributed by atoms with Crippen LogP contribution in [-0.2, 0) is 9.47 Å². The van der Waals surface area contributed by atoms with Crippen LogP contribution in [0.3, 0.4) is 0 Å². The minimum absolute atomic E-state index is 0.0554. The van der Waals surface area contributed by atoms with E-state index in [1.807, 2.05) is 7.05 Å². The van der Waals surface area contributed by atoms with Gasteiger partial charge in [-0.1, -0.05) is 0 Å². The fourth-order valence-electron chi connectivity index (χ4n) is 1.80. The lowest BCUT2D eigenvalue weighted by Crippen LogP contribution is -2.38. The van der Waals surface area contributed by atoms with Crippen LogP contribution in [0.2, 0.25) is 0 Å². The summed E-state index contributed by atoms with van der Waals surface area (Å²) in [5.41, 5.74) is 6.96. The Morgan fingerprint density at radius 3 is 3.15 bits per heavy atom. The molecule has 0 amide bonds. The Hall–Kier alpha value is -0.270. The molecular formula is C11H22ClN4O3P. The highest BCUT2D eigenvalue weighted by molar-refractivity contribution is 7.30. The van der Waals surface area contributed by atoms with E-state index in [0.29, 0.717) is 19.5 Å². The van der Waals surface area contributed by atoms with E-state index in [4.69, 9.17) is 26.1 Å². The van der Waals surface area contributed by atoms with Crippen LogP contribution >= 0.6 is 20.6 Å². The topological polar surface area (TPSA) is 87.1 Å². The van der Waals surface area contributed by atoms with Gasteiger partial charge < -0.3 is 25.1 Å². The first-order valence-electron chi connectivity index (χ1n) is 6.39. The van der Waals surface area contributed by atoms with E-state index in [2.05, 4.69) is 20.7 Å². The van der Waals surface area contributed by atoms with Crippen molar-refractivity contribution in [1.82, 2.24) is 16.2 Å². The standard InChI is InChI=1S/C11H22ClN4O3P/c1-13-4-9(5-14-12)6-15-16-11-3-2-10(19-11)7-18-8-20-17/h5-6,10-11,13,15-17,20H,2-4,7-8H2,1H3. The van der Waals surface area contributed by atoms with Crippen molar-refractivity contribution in [2.75, 3.05) is 26.5 Å². The van der Waals surface area contributed by atoms with E-state index in [1.54, 1.807) is 12.4 Å². The molecule has 0 aliphatic carbocycles. The molecule has 20 heavy (non-hydrogen) atoms. The molecule has 0 aromatic heterocycles. The minimum Gasteiger partial charge on any atom is -0.375 e. The molecular weight excluding hydrogens is 303 g/mol. The van der Waals surface area contributed by atoms with Gasteiger partial charge >= 0.3 is 0 Å². The molecule has 3 unspecified atom stereocenters. The first-order valence-corrected chi connectivity index (χ1v) is 7.88. The first kappa shape index (κ1) is 17.8. The van der Waals surface area contributed by atoms with Gasteiger partial charge in [0.05, 0.1) is 19.1 Å². The molecule has 0 radical (unpaired) electrons. The summed E-state index contributed by atoms with van der Waals surface area (Å²) < 4.78 is 14.4. The summed E-state index contributed by atoms with van der Waals surface area (Å²) in [7, 11) is 1.68. The van der Waals surface area contributed by atoms with Gasteiger partial charge in [0.25, 0.3) is 0 Å². The molecule has 1 heterocycles. The van der Waals surface area contributed by atoms with E-state index < -0.39 is 0 Å². The van der Waals surface area contributed by atoms with Gasteiger partial charge in [0.2, 0.25) is 0 Å². The van der Waals surface area contributed by atoms with Crippen LogP contribution in [-0.4, -0.2) is 50.0 Å². The molecule has 3 atom stereocenters. The van der Waals surface area contributed by atoms with E-state index in [9.17, 15) is 0 Å². The molecule has 9 heteroatoms. The number of halogens is 1. The smallest absolute Gasteiger partial charge is 0.125 e. The van der Waals surface area contributed by atoms with Gasteiger partial charge in [0.1, 0.15) is 6.23 Å². The van der Waals surface area contributed by atoms with E-state index >= 15 is 0 Å². The van der Waals surface area contributed by atoms with Gasteiger partial charge in [-0.3, -0.25) is 0 Å². The van der Waals surface area contributed by atoms with Crippen molar-refractivity contribution < 1.29 is 14.4 Å². The van der Waals surface area contributed by atoms with Crippen molar-refractivity contribution >= 4 is 26.8 Å². The molecule has 4 N–H and O–H groups in total. The number of likely N-dealkylation sites (N-methyl/N-ethyl adjacent to an activating group) is 1. The minimum atomic E-state index is -0.171. The molecule has 0 aromatic rings. The van der Waals surface area contributed by atoms with Crippen molar-refractivity contribution in [2.24, 2.45) is 4.51 Å². The monoisotopic (exact) mass is 324 g/mol. The largest absolute Gasteiger partial charge is 0.375 e. The average molecular weight is 325 g/mol. The molecule has 0 bridgehead atoms. The summed E-state index contributed by atoms with van der Waals surface area (Å²) in [6, 6.07) is 0. The second-order valence-corrected chi connectivity index (χ2v) is 5.06. The fraction of sp³-hybridized carbons (Fsp3) is 0.727. The normalized spacial score (nSPS) is 24.2. The maximum Gasteiger partial charge on any atom is 0.125 e.